The molecule has 1 N–H and O–H groups in total. The minimum Gasteiger partial charge on any atom is -0.386 e. The third-order valence-electron chi connectivity index (χ3n) is 3.43. The molecule has 0 aliphatic carbocycles. The van der Waals surface area contributed by atoms with Crippen LogP contribution in [0.25, 0.3) is 0 Å². The van der Waals surface area contributed by atoms with Crippen LogP contribution < -0.4 is 0 Å². The van der Waals surface area contributed by atoms with Gasteiger partial charge in [0.05, 0.1) is 12.7 Å². The summed E-state index contributed by atoms with van der Waals surface area (Å²) in [5.41, 5.74) is 2.22. The van der Waals surface area contributed by atoms with Gasteiger partial charge in [-0.2, -0.15) is 0 Å². The number of ether oxygens (including phenoxy) is 2. The summed E-state index contributed by atoms with van der Waals surface area (Å²) < 4.78 is 11.0. The van der Waals surface area contributed by atoms with E-state index >= 15 is 0 Å². The van der Waals surface area contributed by atoms with Crippen molar-refractivity contribution in [3.05, 3.63) is 35.4 Å². The van der Waals surface area contributed by atoms with Crippen LogP contribution in [0.4, 0.5) is 0 Å². The van der Waals surface area contributed by atoms with E-state index in [0.717, 1.165) is 38.0 Å². The van der Waals surface area contributed by atoms with E-state index in [2.05, 4.69) is 19.1 Å². The van der Waals surface area contributed by atoms with E-state index in [0.29, 0.717) is 6.61 Å². The molecule has 0 aromatic heterocycles. The number of aryl methyl sites for hydroxylation is 1. The topological polar surface area (TPSA) is 38.7 Å². The van der Waals surface area contributed by atoms with E-state index in [1.807, 2.05) is 12.1 Å². The Labute approximate surface area is 109 Å². The fourth-order valence-corrected chi connectivity index (χ4v) is 2.14. The van der Waals surface area contributed by atoms with Crippen molar-refractivity contribution < 1.29 is 14.6 Å². The lowest BCUT2D eigenvalue weighted by atomic mass is 10.1. The molecule has 1 heterocycles. The molecule has 1 aliphatic heterocycles. The second kappa shape index (κ2) is 6.88. The SMILES string of the molecule is CCc1ccc(C(O)COC2CCOCC2)cc1. The van der Waals surface area contributed by atoms with Gasteiger partial charge in [0.2, 0.25) is 0 Å². The van der Waals surface area contributed by atoms with Gasteiger partial charge in [0.25, 0.3) is 0 Å². The van der Waals surface area contributed by atoms with Crippen LogP contribution in [0.5, 0.6) is 0 Å². The highest BCUT2D eigenvalue weighted by molar-refractivity contribution is 5.24. The van der Waals surface area contributed by atoms with Crippen LogP contribution in [0.1, 0.15) is 37.0 Å². The van der Waals surface area contributed by atoms with E-state index in [1.54, 1.807) is 0 Å². The summed E-state index contributed by atoms with van der Waals surface area (Å²) >= 11 is 0. The molecule has 0 spiro atoms. The smallest absolute Gasteiger partial charge is 0.102 e. The Hall–Kier alpha value is -0.900. The number of aliphatic hydroxyl groups excluding tert-OH is 1. The van der Waals surface area contributed by atoms with Crippen LogP contribution in [0.2, 0.25) is 0 Å². The quantitative estimate of drug-likeness (QED) is 0.872. The van der Waals surface area contributed by atoms with Crippen LogP contribution >= 0.6 is 0 Å². The summed E-state index contributed by atoms with van der Waals surface area (Å²) in [4.78, 5) is 0. The van der Waals surface area contributed by atoms with Crippen molar-refractivity contribution in [2.45, 2.75) is 38.4 Å². The van der Waals surface area contributed by atoms with Gasteiger partial charge in [0.1, 0.15) is 6.10 Å². The Bertz CT molecular complexity index is 341. The van der Waals surface area contributed by atoms with Crippen LogP contribution in [-0.2, 0) is 15.9 Å². The first-order valence-electron chi connectivity index (χ1n) is 6.76. The number of hydrogen-bond donors (Lipinski definition) is 1. The minimum absolute atomic E-state index is 0.239. The lowest BCUT2D eigenvalue weighted by Gasteiger charge is -2.23. The number of benzene rings is 1. The first-order valence-corrected chi connectivity index (χ1v) is 6.76. The predicted octanol–water partition coefficient (Wildman–Crippen LogP) is 2.48. The molecular formula is C15H22O3. The molecule has 1 aliphatic rings. The summed E-state index contributed by atoms with van der Waals surface area (Å²) in [6.07, 6.45) is 2.60. The molecule has 3 heteroatoms. The molecule has 0 saturated carbocycles. The van der Waals surface area contributed by atoms with Gasteiger partial charge in [-0.05, 0) is 30.4 Å². The van der Waals surface area contributed by atoms with Gasteiger partial charge in [-0.25, -0.2) is 0 Å². The van der Waals surface area contributed by atoms with Gasteiger partial charge >= 0.3 is 0 Å². The van der Waals surface area contributed by atoms with Crippen LogP contribution in [0.3, 0.4) is 0 Å². The third-order valence-corrected chi connectivity index (χ3v) is 3.43. The normalized spacial score (nSPS) is 18.8. The number of rotatable bonds is 5. The zero-order valence-corrected chi connectivity index (χ0v) is 11.0. The summed E-state index contributed by atoms with van der Waals surface area (Å²) in [6.45, 7) is 4.04. The molecule has 0 bridgehead atoms. The standard InChI is InChI=1S/C15H22O3/c1-2-12-3-5-13(6-4-12)15(16)11-18-14-7-9-17-10-8-14/h3-6,14-16H,2,7-11H2,1H3. The van der Waals surface area contributed by atoms with E-state index in [4.69, 9.17) is 9.47 Å². The zero-order valence-electron chi connectivity index (χ0n) is 11.0. The van der Waals surface area contributed by atoms with Crippen molar-refractivity contribution in [1.29, 1.82) is 0 Å². The maximum atomic E-state index is 10.1. The first kappa shape index (κ1) is 13.5. The van der Waals surface area contributed by atoms with E-state index in [1.165, 1.54) is 5.56 Å². The van der Waals surface area contributed by atoms with Crippen molar-refractivity contribution in [3.8, 4) is 0 Å². The van der Waals surface area contributed by atoms with E-state index < -0.39 is 6.10 Å². The minimum atomic E-state index is -0.529. The largest absolute Gasteiger partial charge is 0.386 e. The highest BCUT2D eigenvalue weighted by Gasteiger charge is 2.16. The second-order valence-electron chi connectivity index (χ2n) is 4.76. The molecule has 0 amide bonds. The van der Waals surface area contributed by atoms with Crippen LogP contribution in [0.15, 0.2) is 24.3 Å². The summed E-state index contributed by atoms with van der Waals surface area (Å²) in [6, 6.07) is 8.09. The molecule has 1 aromatic carbocycles. The molecule has 1 unspecified atom stereocenters. The van der Waals surface area contributed by atoms with Crippen molar-refractivity contribution in [2.24, 2.45) is 0 Å². The van der Waals surface area contributed by atoms with Gasteiger partial charge < -0.3 is 14.6 Å². The van der Waals surface area contributed by atoms with Crippen LogP contribution in [0, 0.1) is 0 Å². The zero-order chi connectivity index (χ0) is 12.8. The lowest BCUT2D eigenvalue weighted by Crippen LogP contribution is -2.25. The Morgan fingerprint density at radius 3 is 2.56 bits per heavy atom. The Morgan fingerprint density at radius 2 is 1.94 bits per heavy atom. The fourth-order valence-electron chi connectivity index (χ4n) is 2.14. The lowest BCUT2D eigenvalue weighted by molar-refractivity contribution is -0.0598. The summed E-state index contributed by atoms with van der Waals surface area (Å²) in [5, 5.41) is 10.1. The Morgan fingerprint density at radius 1 is 1.28 bits per heavy atom. The van der Waals surface area contributed by atoms with Gasteiger partial charge in [-0.1, -0.05) is 31.2 Å². The predicted molar refractivity (Wildman–Crippen MR) is 70.6 cm³/mol. The van der Waals surface area contributed by atoms with Crippen molar-refractivity contribution in [1.82, 2.24) is 0 Å². The summed E-state index contributed by atoms with van der Waals surface area (Å²) in [5.74, 6) is 0. The molecule has 100 valence electrons. The molecule has 1 saturated heterocycles. The monoisotopic (exact) mass is 250 g/mol. The first-order chi connectivity index (χ1) is 8.79. The van der Waals surface area contributed by atoms with Crippen molar-refractivity contribution in [2.75, 3.05) is 19.8 Å². The molecule has 0 radical (unpaired) electrons. The molecule has 3 nitrogen and oxygen atoms in total. The van der Waals surface area contributed by atoms with Gasteiger partial charge in [-0.15, -0.1) is 0 Å². The molecule has 18 heavy (non-hydrogen) atoms. The van der Waals surface area contributed by atoms with E-state index in [9.17, 15) is 5.11 Å². The average Bonchev–Trinajstić information content (AvgIpc) is 2.46. The van der Waals surface area contributed by atoms with Gasteiger partial charge in [0.15, 0.2) is 0 Å². The van der Waals surface area contributed by atoms with Crippen molar-refractivity contribution >= 4 is 0 Å². The van der Waals surface area contributed by atoms with E-state index in [-0.39, 0.29) is 6.10 Å². The summed E-state index contributed by atoms with van der Waals surface area (Å²) in [7, 11) is 0. The van der Waals surface area contributed by atoms with Gasteiger partial charge in [-0.3, -0.25) is 0 Å². The highest BCUT2D eigenvalue weighted by Crippen LogP contribution is 2.17. The number of aliphatic hydroxyl groups is 1. The number of hydrogen-bond acceptors (Lipinski definition) is 3. The molecular weight excluding hydrogens is 228 g/mol. The fraction of sp³-hybridized carbons (Fsp3) is 0.600. The van der Waals surface area contributed by atoms with Crippen molar-refractivity contribution in [3.63, 3.8) is 0 Å². The van der Waals surface area contributed by atoms with Crippen LogP contribution in [-0.4, -0.2) is 31.0 Å². The molecule has 1 fully saturated rings. The Balaban J connectivity index is 1.80. The Kier molecular flexibility index (Phi) is 5.17. The second-order valence-corrected chi connectivity index (χ2v) is 4.76. The third kappa shape index (κ3) is 3.80. The molecule has 2 rings (SSSR count). The highest BCUT2D eigenvalue weighted by atomic mass is 16.5. The average molecular weight is 250 g/mol. The van der Waals surface area contributed by atoms with Gasteiger partial charge in [0, 0.05) is 13.2 Å². The molecule has 1 atom stereocenters. The molecule has 1 aromatic rings. The maximum absolute atomic E-state index is 10.1. The maximum Gasteiger partial charge on any atom is 0.102 e.